The molecule has 2 aliphatic rings. The molecule has 27 heavy (non-hydrogen) atoms. The van der Waals surface area contributed by atoms with Gasteiger partial charge in [0, 0.05) is 38.9 Å². The standard InChI is InChI=1S/C20H21N5O2/c1-14-20(26)23-17-10-15(2-4-18(17)27-14)13-24-6-8-25(9-7-24)19-5-3-16(11-21)12-22-19/h2-5,10,12,14H,6-9,13H2,1H3,(H,23,26). The molecule has 1 saturated heterocycles. The van der Waals surface area contributed by atoms with E-state index in [2.05, 4.69) is 32.2 Å². The van der Waals surface area contributed by atoms with Crippen LogP contribution >= 0.6 is 0 Å². The zero-order valence-electron chi connectivity index (χ0n) is 15.2. The zero-order chi connectivity index (χ0) is 18.8. The summed E-state index contributed by atoms with van der Waals surface area (Å²) in [7, 11) is 0. The number of hydrogen-bond acceptors (Lipinski definition) is 6. The van der Waals surface area contributed by atoms with Crippen molar-refractivity contribution in [2.24, 2.45) is 0 Å². The van der Waals surface area contributed by atoms with E-state index in [0.717, 1.165) is 55.5 Å². The van der Waals surface area contributed by atoms with E-state index >= 15 is 0 Å². The normalized spacial score (nSPS) is 19.6. The minimum absolute atomic E-state index is 0.108. The highest BCUT2D eigenvalue weighted by Gasteiger charge is 2.24. The molecular weight excluding hydrogens is 342 g/mol. The Kier molecular flexibility index (Phi) is 4.65. The number of ether oxygens (including phenoxy) is 1. The van der Waals surface area contributed by atoms with Crippen molar-refractivity contribution in [3.63, 3.8) is 0 Å². The third-order valence-corrected chi connectivity index (χ3v) is 4.95. The van der Waals surface area contributed by atoms with Gasteiger partial charge in [-0.2, -0.15) is 5.26 Å². The minimum Gasteiger partial charge on any atom is -0.479 e. The van der Waals surface area contributed by atoms with Crippen LogP contribution in [0.15, 0.2) is 36.5 Å². The Morgan fingerprint density at radius 3 is 2.78 bits per heavy atom. The number of piperazine rings is 1. The molecule has 1 aromatic carbocycles. The Bertz CT molecular complexity index is 882. The number of carbonyl (C=O) groups is 1. The highest BCUT2D eigenvalue weighted by Crippen LogP contribution is 2.31. The molecule has 0 spiro atoms. The van der Waals surface area contributed by atoms with Gasteiger partial charge in [-0.3, -0.25) is 9.69 Å². The van der Waals surface area contributed by atoms with Gasteiger partial charge in [0.25, 0.3) is 5.91 Å². The zero-order valence-corrected chi connectivity index (χ0v) is 15.2. The summed E-state index contributed by atoms with van der Waals surface area (Å²) >= 11 is 0. The summed E-state index contributed by atoms with van der Waals surface area (Å²) in [6, 6.07) is 11.8. The van der Waals surface area contributed by atoms with Crippen molar-refractivity contribution in [3.8, 4) is 11.8 Å². The number of rotatable bonds is 3. The largest absolute Gasteiger partial charge is 0.479 e. The van der Waals surface area contributed by atoms with Gasteiger partial charge in [-0.15, -0.1) is 0 Å². The summed E-state index contributed by atoms with van der Waals surface area (Å²) in [6.45, 7) is 6.21. The number of anilines is 2. The second-order valence-electron chi connectivity index (χ2n) is 6.86. The van der Waals surface area contributed by atoms with E-state index in [-0.39, 0.29) is 5.91 Å². The van der Waals surface area contributed by atoms with E-state index in [4.69, 9.17) is 10.00 Å². The Labute approximate surface area is 158 Å². The van der Waals surface area contributed by atoms with Crippen molar-refractivity contribution >= 4 is 17.4 Å². The first-order valence-electron chi connectivity index (χ1n) is 9.06. The Morgan fingerprint density at radius 1 is 1.26 bits per heavy atom. The number of fused-ring (bicyclic) bond motifs is 1. The number of nitriles is 1. The summed E-state index contributed by atoms with van der Waals surface area (Å²) < 4.78 is 5.61. The third-order valence-electron chi connectivity index (χ3n) is 4.95. The lowest BCUT2D eigenvalue weighted by Gasteiger charge is -2.35. The molecule has 1 N–H and O–H groups in total. The van der Waals surface area contributed by atoms with Crippen LogP contribution in [0.5, 0.6) is 5.75 Å². The van der Waals surface area contributed by atoms with Crippen molar-refractivity contribution in [1.29, 1.82) is 5.26 Å². The summed E-state index contributed by atoms with van der Waals surface area (Å²) in [6.07, 6.45) is 1.17. The van der Waals surface area contributed by atoms with E-state index in [1.165, 1.54) is 0 Å². The first kappa shape index (κ1) is 17.3. The molecule has 0 saturated carbocycles. The lowest BCUT2D eigenvalue weighted by molar-refractivity contribution is -0.122. The summed E-state index contributed by atoms with van der Waals surface area (Å²) in [4.78, 5) is 20.8. The second kappa shape index (κ2) is 7.25. The monoisotopic (exact) mass is 363 g/mol. The van der Waals surface area contributed by atoms with Crippen LogP contribution in [0.1, 0.15) is 18.1 Å². The first-order chi connectivity index (χ1) is 13.1. The van der Waals surface area contributed by atoms with Gasteiger partial charge in [0.2, 0.25) is 0 Å². The number of nitrogens with one attached hydrogen (secondary N) is 1. The van der Waals surface area contributed by atoms with Gasteiger partial charge in [0.1, 0.15) is 17.6 Å². The fraction of sp³-hybridized carbons (Fsp3) is 0.350. The average Bonchev–Trinajstić information content (AvgIpc) is 2.70. The van der Waals surface area contributed by atoms with Crippen molar-refractivity contribution < 1.29 is 9.53 Å². The van der Waals surface area contributed by atoms with E-state index in [1.54, 1.807) is 19.2 Å². The minimum atomic E-state index is -0.452. The molecule has 2 aliphatic heterocycles. The molecule has 7 heteroatoms. The van der Waals surface area contributed by atoms with Crippen LogP contribution in [-0.4, -0.2) is 48.1 Å². The van der Waals surface area contributed by atoms with Gasteiger partial charge in [-0.1, -0.05) is 6.07 Å². The number of hydrogen-bond donors (Lipinski definition) is 1. The SMILES string of the molecule is CC1Oc2ccc(CN3CCN(c4ccc(C#N)cn4)CC3)cc2NC1=O. The van der Waals surface area contributed by atoms with Crippen LogP contribution < -0.4 is 15.0 Å². The van der Waals surface area contributed by atoms with Crippen LogP contribution in [0.4, 0.5) is 11.5 Å². The highest BCUT2D eigenvalue weighted by molar-refractivity contribution is 5.97. The molecule has 1 fully saturated rings. The number of aromatic nitrogens is 1. The van der Waals surface area contributed by atoms with Gasteiger partial charge in [-0.25, -0.2) is 4.98 Å². The quantitative estimate of drug-likeness (QED) is 0.898. The smallest absolute Gasteiger partial charge is 0.265 e. The molecule has 4 rings (SSSR count). The highest BCUT2D eigenvalue weighted by atomic mass is 16.5. The molecule has 1 unspecified atom stereocenters. The maximum atomic E-state index is 11.8. The maximum Gasteiger partial charge on any atom is 0.265 e. The lowest BCUT2D eigenvalue weighted by atomic mass is 10.1. The topological polar surface area (TPSA) is 81.5 Å². The molecule has 138 valence electrons. The van der Waals surface area contributed by atoms with Crippen LogP contribution in [0.2, 0.25) is 0 Å². The molecule has 1 amide bonds. The molecule has 0 aliphatic carbocycles. The Morgan fingerprint density at radius 2 is 2.07 bits per heavy atom. The lowest BCUT2D eigenvalue weighted by Crippen LogP contribution is -2.46. The third kappa shape index (κ3) is 3.71. The first-order valence-corrected chi connectivity index (χ1v) is 9.06. The summed E-state index contributed by atoms with van der Waals surface area (Å²) in [5.41, 5.74) is 2.48. The molecule has 2 aromatic rings. The van der Waals surface area contributed by atoms with Gasteiger partial charge >= 0.3 is 0 Å². The van der Waals surface area contributed by atoms with E-state index in [9.17, 15) is 4.79 Å². The van der Waals surface area contributed by atoms with Crippen molar-refractivity contribution in [2.45, 2.75) is 19.6 Å². The van der Waals surface area contributed by atoms with Crippen LogP contribution in [0, 0.1) is 11.3 Å². The predicted octanol–water partition coefficient (Wildman–Crippen LogP) is 1.99. The molecular formula is C20H21N5O2. The van der Waals surface area contributed by atoms with Crippen LogP contribution in [-0.2, 0) is 11.3 Å². The van der Waals surface area contributed by atoms with Crippen molar-refractivity contribution in [1.82, 2.24) is 9.88 Å². The molecule has 1 atom stereocenters. The number of nitrogens with zero attached hydrogens (tertiary/aromatic N) is 4. The Balaban J connectivity index is 1.36. The predicted molar refractivity (Wildman–Crippen MR) is 102 cm³/mol. The fourth-order valence-electron chi connectivity index (χ4n) is 3.39. The number of benzene rings is 1. The van der Waals surface area contributed by atoms with E-state index < -0.39 is 6.10 Å². The van der Waals surface area contributed by atoms with Crippen LogP contribution in [0.25, 0.3) is 0 Å². The molecule has 1 aromatic heterocycles. The molecule has 0 radical (unpaired) electrons. The summed E-state index contributed by atoms with van der Waals surface area (Å²) in [5.74, 6) is 1.53. The molecule has 3 heterocycles. The van der Waals surface area contributed by atoms with Gasteiger partial charge < -0.3 is 15.0 Å². The molecule has 0 bridgehead atoms. The number of pyridine rings is 1. The van der Waals surface area contributed by atoms with E-state index in [0.29, 0.717) is 5.56 Å². The van der Waals surface area contributed by atoms with Gasteiger partial charge in [0.05, 0.1) is 11.3 Å². The fourth-order valence-corrected chi connectivity index (χ4v) is 3.39. The van der Waals surface area contributed by atoms with Crippen molar-refractivity contribution in [2.75, 3.05) is 36.4 Å². The Hall–Kier alpha value is -3.11. The van der Waals surface area contributed by atoms with Gasteiger partial charge in [-0.05, 0) is 36.8 Å². The van der Waals surface area contributed by atoms with Crippen LogP contribution in [0.3, 0.4) is 0 Å². The summed E-state index contributed by atoms with van der Waals surface area (Å²) in [5, 5.41) is 11.8. The second-order valence-corrected chi connectivity index (χ2v) is 6.86. The van der Waals surface area contributed by atoms with Gasteiger partial charge in [0.15, 0.2) is 6.10 Å². The maximum absolute atomic E-state index is 11.8. The number of carbonyl (C=O) groups excluding carboxylic acids is 1. The van der Waals surface area contributed by atoms with E-state index in [1.807, 2.05) is 18.2 Å². The molecule has 7 nitrogen and oxygen atoms in total. The average molecular weight is 363 g/mol. The number of amides is 1. The van der Waals surface area contributed by atoms with Crippen molar-refractivity contribution in [3.05, 3.63) is 47.7 Å².